The van der Waals surface area contributed by atoms with E-state index in [0.717, 1.165) is 23.4 Å². The first-order chi connectivity index (χ1) is 12.4. The van der Waals surface area contributed by atoms with Gasteiger partial charge < -0.3 is 10.6 Å². The van der Waals surface area contributed by atoms with E-state index in [-0.39, 0.29) is 29.7 Å². The van der Waals surface area contributed by atoms with E-state index in [9.17, 15) is 18.4 Å². The molecular formula is C20H20F2N2O2. The van der Waals surface area contributed by atoms with Gasteiger partial charge in [0.25, 0.3) is 0 Å². The Morgan fingerprint density at radius 3 is 2.81 bits per heavy atom. The third kappa shape index (κ3) is 4.07. The lowest BCUT2D eigenvalue weighted by molar-refractivity contribution is -0.123. The highest BCUT2D eigenvalue weighted by atomic mass is 19.1. The predicted octanol–water partition coefficient (Wildman–Crippen LogP) is 3.73. The van der Waals surface area contributed by atoms with Crippen molar-refractivity contribution < 1.29 is 18.4 Å². The van der Waals surface area contributed by atoms with E-state index < -0.39 is 17.7 Å². The molecule has 1 heterocycles. The summed E-state index contributed by atoms with van der Waals surface area (Å²) in [6.07, 6.45) is 1.16. The number of carbonyl (C=O) groups is 2. The zero-order valence-electron chi connectivity index (χ0n) is 14.4. The molecule has 0 radical (unpaired) electrons. The Morgan fingerprint density at radius 2 is 2.04 bits per heavy atom. The van der Waals surface area contributed by atoms with Gasteiger partial charge in [0.2, 0.25) is 11.8 Å². The second-order valence-electron chi connectivity index (χ2n) is 6.54. The summed E-state index contributed by atoms with van der Waals surface area (Å²) in [5, 5.41) is 5.55. The van der Waals surface area contributed by atoms with Gasteiger partial charge in [-0.05, 0) is 37.5 Å². The van der Waals surface area contributed by atoms with Gasteiger partial charge in [-0.15, -0.1) is 0 Å². The molecule has 2 amide bonds. The van der Waals surface area contributed by atoms with E-state index in [1.807, 2.05) is 24.3 Å². The molecule has 0 spiro atoms. The number of anilines is 1. The Kier molecular flexibility index (Phi) is 5.30. The second kappa shape index (κ2) is 7.64. The first-order valence-electron chi connectivity index (χ1n) is 8.57. The molecule has 3 rings (SSSR count). The zero-order valence-corrected chi connectivity index (χ0v) is 14.4. The summed E-state index contributed by atoms with van der Waals surface area (Å²) in [7, 11) is 0. The number of halogens is 2. The molecule has 0 unspecified atom stereocenters. The van der Waals surface area contributed by atoms with Crippen LogP contribution in [0.5, 0.6) is 0 Å². The third-order valence-corrected chi connectivity index (χ3v) is 4.64. The van der Waals surface area contributed by atoms with Crippen LogP contribution in [0.4, 0.5) is 14.5 Å². The summed E-state index contributed by atoms with van der Waals surface area (Å²) >= 11 is 0. The molecule has 0 fully saturated rings. The molecule has 0 aliphatic carbocycles. The van der Waals surface area contributed by atoms with Crippen LogP contribution in [0.2, 0.25) is 0 Å². The molecule has 0 aromatic heterocycles. The normalized spacial score (nSPS) is 17.2. The number of hydrogen-bond donors (Lipinski definition) is 2. The Hall–Kier alpha value is -2.76. The topological polar surface area (TPSA) is 58.2 Å². The number of nitrogens with one attached hydrogen (secondary N) is 2. The van der Waals surface area contributed by atoms with Gasteiger partial charge in [-0.25, -0.2) is 8.78 Å². The van der Waals surface area contributed by atoms with Gasteiger partial charge in [0.15, 0.2) is 0 Å². The SMILES string of the molecule is C[C@@H](NC(=O)CC[C@@H]1Cc2ccccc2NC1=O)c1ccc(F)cc1F. The summed E-state index contributed by atoms with van der Waals surface area (Å²) in [6, 6.07) is 10.3. The molecule has 26 heavy (non-hydrogen) atoms. The van der Waals surface area contributed by atoms with E-state index in [1.165, 1.54) is 6.07 Å². The summed E-state index contributed by atoms with van der Waals surface area (Å²) in [4.78, 5) is 24.3. The van der Waals surface area contributed by atoms with Crippen molar-refractivity contribution in [2.45, 2.75) is 32.2 Å². The van der Waals surface area contributed by atoms with Crippen LogP contribution in [0.15, 0.2) is 42.5 Å². The molecule has 2 aromatic carbocycles. The number of fused-ring (bicyclic) bond motifs is 1. The molecule has 1 aliphatic heterocycles. The van der Waals surface area contributed by atoms with Crippen molar-refractivity contribution in [2.75, 3.05) is 5.32 Å². The highest BCUT2D eigenvalue weighted by molar-refractivity contribution is 5.96. The molecule has 2 atom stereocenters. The lowest BCUT2D eigenvalue weighted by Crippen LogP contribution is -2.32. The van der Waals surface area contributed by atoms with Crippen molar-refractivity contribution in [2.24, 2.45) is 5.92 Å². The van der Waals surface area contributed by atoms with E-state index in [1.54, 1.807) is 6.92 Å². The third-order valence-electron chi connectivity index (χ3n) is 4.64. The number of rotatable bonds is 5. The lowest BCUT2D eigenvalue weighted by Gasteiger charge is -2.24. The van der Waals surface area contributed by atoms with Crippen LogP contribution in [-0.4, -0.2) is 11.8 Å². The molecule has 2 N–H and O–H groups in total. The van der Waals surface area contributed by atoms with Gasteiger partial charge >= 0.3 is 0 Å². The maximum atomic E-state index is 13.8. The van der Waals surface area contributed by atoms with Crippen LogP contribution in [0.1, 0.15) is 36.9 Å². The van der Waals surface area contributed by atoms with Gasteiger partial charge in [-0.3, -0.25) is 9.59 Å². The predicted molar refractivity (Wildman–Crippen MR) is 94.4 cm³/mol. The highest BCUT2D eigenvalue weighted by Gasteiger charge is 2.26. The largest absolute Gasteiger partial charge is 0.349 e. The van der Waals surface area contributed by atoms with E-state index >= 15 is 0 Å². The standard InChI is InChI=1S/C20H20F2N2O2/c1-12(16-8-7-15(21)11-17(16)22)23-19(25)9-6-14-10-13-4-2-3-5-18(13)24-20(14)26/h2-5,7-8,11-12,14H,6,9-10H2,1H3,(H,23,25)(H,24,26)/t12-,14-/m1/s1. The van der Waals surface area contributed by atoms with Crippen LogP contribution in [0.3, 0.4) is 0 Å². The Labute approximate surface area is 150 Å². The van der Waals surface area contributed by atoms with E-state index in [4.69, 9.17) is 0 Å². The monoisotopic (exact) mass is 358 g/mol. The summed E-state index contributed by atoms with van der Waals surface area (Å²) in [5.74, 6) is -1.98. The van der Waals surface area contributed by atoms with Crippen LogP contribution >= 0.6 is 0 Å². The minimum absolute atomic E-state index is 0.0888. The summed E-state index contributed by atoms with van der Waals surface area (Å²) in [6.45, 7) is 1.64. The van der Waals surface area contributed by atoms with Crippen molar-refractivity contribution in [3.8, 4) is 0 Å². The molecule has 136 valence electrons. The maximum absolute atomic E-state index is 13.8. The molecule has 0 saturated carbocycles. The molecule has 6 heteroatoms. The Bertz CT molecular complexity index is 838. The van der Waals surface area contributed by atoms with Gasteiger partial charge in [-0.1, -0.05) is 24.3 Å². The molecule has 0 bridgehead atoms. The van der Waals surface area contributed by atoms with E-state index in [0.29, 0.717) is 12.8 Å². The Balaban J connectivity index is 1.55. The zero-order chi connectivity index (χ0) is 18.7. The quantitative estimate of drug-likeness (QED) is 0.856. The minimum atomic E-state index is -0.693. The Morgan fingerprint density at radius 1 is 1.27 bits per heavy atom. The fourth-order valence-corrected chi connectivity index (χ4v) is 3.20. The van der Waals surface area contributed by atoms with Gasteiger partial charge in [-0.2, -0.15) is 0 Å². The minimum Gasteiger partial charge on any atom is -0.349 e. The van der Waals surface area contributed by atoms with Crippen molar-refractivity contribution in [3.05, 3.63) is 65.2 Å². The first kappa shape index (κ1) is 18.0. The summed E-state index contributed by atoms with van der Waals surface area (Å²) < 4.78 is 26.8. The van der Waals surface area contributed by atoms with Crippen LogP contribution in [0.25, 0.3) is 0 Å². The fourth-order valence-electron chi connectivity index (χ4n) is 3.20. The van der Waals surface area contributed by atoms with Crippen molar-refractivity contribution in [3.63, 3.8) is 0 Å². The summed E-state index contributed by atoms with van der Waals surface area (Å²) in [5.41, 5.74) is 2.10. The van der Waals surface area contributed by atoms with Crippen LogP contribution in [-0.2, 0) is 16.0 Å². The molecule has 4 nitrogen and oxygen atoms in total. The van der Waals surface area contributed by atoms with Crippen LogP contribution < -0.4 is 10.6 Å². The van der Waals surface area contributed by atoms with Crippen molar-refractivity contribution >= 4 is 17.5 Å². The number of amides is 2. The maximum Gasteiger partial charge on any atom is 0.227 e. The number of carbonyl (C=O) groups excluding carboxylic acids is 2. The van der Waals surface area contributed by atoms with Crippen molar-refractivity contribution in [1.29, 1.82) is 0 Å². The highest BCUT2D eigenvalue weighted by Crippen LogP contribution is 2.27. The average molecular weight is 358 g/mol. The first-order valence-corrected chi connectivity index (χ1v) is 8.57. The van der Waals surface area contributed by atoms with Gasteiger partial charge in [0.1, 0.15) is 11.6 Å². The van der Waals surface area contributed by atoms with Gasteiger partial charge in [0.05, 0.1) is 6.04 Å². The average Bonchev–Trinajstić information content (AvgIpc) is 2.59. The fraction of sp³-hybridized carbons (Fsp3) is 0.300. The second-order valence-corrected chi connectivity index (χ2v) is 6.54. The van der Waals surface area contributed by atoms with Crippen LogP contribution in [0, 0.1) is 17.6 Å². The molecular weight excluding hydrogens is 338 g/mol. The van der Waals surface area contributed by atoms with Gasteiger partial charge in [0, 0.05) is 29.7 Å². The lowest BCUT2D eigenvalue weighted by atomic mass is 9.89. The molecule has 2 aromatic rings. The molecule has 0 saturated heterocycles. The number of hydrogen-bond acceptors (Lipinski definition) is 2. The number of para-hydroxylation sites is 1. The van der Waals surface area contributed by atoms with Crippen molar-refractivity contribution in [1.82, 2.24) is 5.32 Å². The number of benzene rings is 2. The van der Waals surface area contributed by atoms with E-state index in [2.05, 4.69) is 10.6 Å². The smallest absolute Gasteiger partial charge is 0.227 e. The molecule has 1 aliphatic rings.